The molecule has 2 saturated heterocycles. The first-order chi connectivity index (χ1) is 11.7. The lowest BCUT2D eigenvalue weighted by atomic mass is 9.92. The Morgan fingerprint density at radius 3 is 3.17 bits per heavy atom. The molecule has 7 heteroatoms. The summed E-state index contributed by atoms with van der Waals surface area (Å²) < 4.78 is 5.89. The van der Waals surface area contributed by atoms with Crippen molar-refractivity contribution in [1.82, 2.24) is 14.9 Å². The van der Waals surface area contributed by atoms with Crippen molar-refractivity contribution in [3.05, 3.63) is 40.6 Å². The molecule has 6 nitrogen and oxygen atoms in total. The van der Waals surface area contributed by atoms with E-state index in [0.29, 0.717) is 6.61 Å². The van der Waals surface area contributed by atoms with Crippen molar-refractivity contribution in [2.24, 2.45) is 11.8 Å². The fourth-order valence-corrected chi connectivity index (χ4v) is 4.34. The van der Waals surface area contributed by atoms with Crippen LogP contribution in [0.2, 0.25) is 0 Å². The van der Waals surface area contributed by atoms with Crippen LogP contribution in [0.1, 0.15) is 10.7 Å². The number of hydrogen-bond acceptors (Lipinski definition) is 6. The molecule has 2 aliphatic heterocycles. The van der Waals surface area contributed by atoms with Gasteiger partial charge in [-0.1, -0.05) is 0 Å². The van der Waals surface area contributed by atoms with E-state index in [9.17, 15) is 4.79 Å². The summed E-state index contributed by atoms with van der Waals surface area (Å²) in [4.78, 5) is 23.5. The highest BCUT2D eigenvalue weighted by Crippen LogP contribution is 2.35. The fraction of sp³-hybridized carbons (Fsp3) is 0.471. The number of amides is 1. The fourth-order valence-electron chi connectivity index (χ4n) is 3.53. The smallest absolute Gasteiger partial charge is 0.230 e. The molecule has 2 fully saturated rings. The highest BCUT2D eigenvalue weighted by Gasteiger charge is 2.46. The highest BCUT2D eigenvalue weighted by atomic mass is 32.1. The lowest BCUT2D eigenvalue weighted by Crippen LogP contribution is -2.31. The average Bonchev–Trinajstić information content (AvgIpc) is 3.24. The number of nitrogens with zero attached hydrogens (tertiary/aromatic N) is 3. The number of hydrogen-bond donors (Lipinski definition) is 1. The minimum atomic E-state index is -0.0989. The Morgan fingerprint density at radius 1 is 1.50 bits per heavy atom. The minimum absolute atomic E-state index is 0.0300. The van der Waals surface area contributed by atoms with Gasteiger partial charge in [0, 0.05) is 36.3 Å². The van der Waals surface area contributed by atoms with Gasteiger partial charge < -0.3 is 10.1 Å². The Morgan fingerprint density at radius 2 is 2.42 bits per heavy atom. The first-order valence-electron chi connectivity index (χ1n) is 8.15. The quantitative estimate of drug-likeness (QED) is 0.918. The molecule has 2 aromatic heterocycles. The molecular formula is C17H20N4O2S. The number of aromatic nitrogens is 2. The standard InChI is InChI=1S/C17H20N4O2S/c1-11-10-24-16(19-11)8-21-6-13-14(9-23-15(13)7-21)17(22)20-12-3-2-4-18-5-12/h2-5,10,13-15H,6-9H2,1H3,(H,20,22)/t13-,14+,15-/m0/s1. The van der Waals surface area contributed by atoms with Crippen molar-refractivity contribution >= 4 is 22.9 Å². The number of likely N-dealkylation sites (tertiary alicyclic amines) is 1. The molecule has 0 aliphatic carbocycles. The van der Waals surface area contributed by atoms with Crippen LogP contribution in [-0.4, -0.2) is 46.6 Å². The molecule has 0 bridgehead atoms. The second-order valence-electron chi connectivity index (χ2n) is 6.45. The van der Waals surface area contributed by atoms with Gasteiger partial charge in [0.1, 0.15) is 5.01 Å². The summed E-state index contributed by atoms with van der Waals surface area (Å²) in [5, 5.41) is 6.16. The lowest BCUT2D eigenvalue weighted by molar-refractivity contribution is -0.120. The second-order valence-corrected chi connectivity index (χ2v) is 7.39. The average molecular weight is 344 g/mol. The maximum Gasteiger partial charge on any atom is 0.230 e. The number of nitrogens with one attached hydrogen (secondary N) is 1. The number of thiazole rings is 1. The molecule has 0 aromatic carbocycles. The van der Waals surface area contributed by atoms with Gasteiger partial charge in [-0.2, -0.15) is 0 Å². The van der Waals surface area contributed by atoms with Crippen LogP contribution in [0.3, 0.4) is 0 Å². The first kappa shape index (κ1) is 15.7. The molecule has 4 heterocycles. The summed E-state index contributed by atoms with van der Waals surface area (Å²) in [7, 11) is 0. The molecular weight excluding hydrogens is 324 g/mol. The van der Waals surface area contributed by atoms with Gasteiger partial charge in [0.05, 0.1) is 37.1 Å². The summed E-state index contributed by atoms with van der Waals surface area (Å²) >= 11 is 1.69. The van der Waals surface area contributed by atoms with Crippen molar-refractivity contribution in [2.45, 2.75) is 19.6 Å². The van der Waals surface area contributed by atoms with Crippen LogP contribution in [0.4, 0.5) is 5.69 Å². The Kier molecular flexibility index (Phi) is 4.30. The van der Waals surface area contributed by atoms with Gasteiger partial charge in [-0.25, -0.2) is 4.98 Å². The summed E-state index contributed by atoms with van der Waals surface area (Å²) in [6, 6.07) is 3.67. The van der Waals surface area contributed by atoms with E-state index in [0.717, 1.165) is 36.0 Å². The van der Waals surface area contributed by atoms with E-state index in [4.69, 9.17) is 4.74 Å². The Balaban J connectivity index is 1.38. The van der Waals surface area contributed by atoms with Gasteiger partial charge in [0.25, 0.3) is 0 Å². The number of carbonyl (C=O) groups is 1. The van der Waals surface area contributed by atoms with E-state index >= 15 is 0 Å². The van der Waals surface area contributed by atoms with E-state index in [1.54, 1.807) is 23.7 Å². The number of aryl methyl sites for hydroxylation is 1. The van der Waals surface area contributed by atoms with Crippen LogP contribution in [0.25, 0.3) is 0 Å². The van der Waals surface area contributed by atoms with Crippen LogP contribution in [0.5, 0.6) is 0 Å². The minimum Gasteiger partial charge on any atom is -0.376 e. The number of carbonyl (C=O) groups excluding carboxylic acids is 1. The van der Waals surface area contributed by atoms with Crippen molar-refractivity contribution in [3.63, 3.8) is 0 Å². The van der Waals surface area contributed by atoms with E-state index in [1.165, 1.54) is 0 Å². The monoisotopic (exact) mass is 344 g/mol. The lowest BCUT2D eigenvalue weighted by Gasteiger charge is -2.18. The molecule has 4 rings (SSSR count). The highest BCUT2D eigenvalue weighted by molar-refractivity contribution is 7.09. The Bertz CT molecular complexity index is 720. The summed E-state index contributed by atoms with van der Waals surface area (Å²) in [6.07, 6.45) is 3.51. The van der Waals surface area contributed by atoms with Gasteiger partial charge in [-0.15, -0.1) is 11.3 Å². The van der Waals surface area contributed by atoms with Gasteiger partial charge in [-0.05, 0) is 19.1 Å². The zero-order valence-corrected chi connectivity index (χ0v) is 14.3. The normalized spacial score (nSPS) is 26.5. The molecule has 2 aliphatic rings. The summed E-state index contributed by atoms with van der Waals surface area (Å²) in [5.74, 6) is 0.184. The SMILES string of the molecule is Cc1csc(CN2C[C@@H]3[C@H](C2)OC[C@H]3C(=O)Nc2cccnc2)n1. The third-order valence-corrected chi connectivity index (χ3v) is 5.63. The second kappa shape index (κ2) is 6.58. The zero-order valence-electron chi connectivity index (χ0n) is 13.5. The number of fused-ring (bicyclic) bond motifs is 1. The van der Waals surface area contributed by atoms with E-state index in [-0.39, 0.29) is 23.8 Å². The predicted octanol–water partition coefficient (Wildman–Crippen LogP) is 1.93. The van der Waals surface area contributed by atoms with Gasteiger partial charge in [-0.3, -0.25) is 14.7 Å². The summed E-state index contributed by atoms with van der Waals surface area (Å²) in [5.41, 5.74) is 1.80. The van der Waals surface area contributed by atoms with Crippen LogP contribution in [-0.2, 0) is 16.1 Å². The molecule has 0 saturated carbocycles. The van der Waals surface area contributed by atoms with E-state index in [2.05, 4.69) is 25.6 Å². The van der Waals surface area contributed by atoms with Crippen LogP contribution >= 0.6 is 11.3 Å². The van der Waals surface area contributed by atoms with Crippen molar-refractivity contribution in [3.8, 4) is 0 Å². The van der Waals surface area contributed by atoms with E-state index < -0.39 is 0 Å². The molecule has 0 unspecified atom stereocenters. The van der Waals surface area contributed by atoms with Gasteiger partial charge >= 0.3 is 0 Å². The number of anilines is 1. The van der Waals surface area contributed by atoms with Gasteiger partial charge in [0.2, 0.25) is 5.91 Å². The molecule has 1 amide bonds. The van der Waals surface area contributed by atoms with Crippen LogP contribution < -0.4 is 5.32 Å². The molecule has 126 valence electrons. The van der Waals surface area contributed by atoms with Crippen molar-refractivity contribution in [1.29, 1.82) is 0 Å². The molecule has 1 N–H and O–H groups in total. The van der Waals surface area contributed by atoms with Gasteiger partial charge in [0.15, 0.2) is 0 Å². The summed E-state index contributed by atoms with van der Waals surface area (Å²) in [6.45, 7) is 5.12. The molecule has 0 radical (unpaired) electrons. The first-order valence-corrected chi connectivity index (χ1v) is 9.03. The zero-order chi connectivity index (χ0) is 16.5. The van der Waals surface area contributed by atoms with Crippen molar-refractivity contribution < 1.29 is 9.53 Å². The number of pyridine rings is 1. The third kappa shape index (κ3) is 3.19. The molecule has 0 spiro atoms. The van der Waals surface area contributed by atoms with Crippen molar-refractivity contribution in [2.75, 3.05) is 25.0 Å². The largest absolute Gasteiger partial charge is 0.376 e. The maximum atomic E-state index is 12.6. The van der Waals surface area contributed by atoms with Crippen LogP contribution in [0.15, 0.2) is 29.9 Å². The number of rotatable bonds is 4. The molecule has 2 aromatic rings. The molecule has 3 atom stereocenters. The Hall–Kier alpha value is -1.83. The number of ether oxygens (including phenoxy) is 1. The maximum absolute atomic E-state index is 12.6. The molecule has 24 heavy (non-hydrogen) atoms. The van der Waals surface area contributed by atoms with E-state index in [1.807, 2.05) is 19.1 Å². The predicted molar refractivity (Wildman–Crippen MR) is 91.7 cm³/mol. The van der Waals surface area contributed by atoms with Crippen LogP contribution in [0, 0.1) is 18.8 Å². The third-order valence-electron chi connectivity index (χ3n) is 4.68. The Labute approximate surface area is 144 Å². The topological polar surface area (TPSA) is 67.3 Å².